The number of nitrogens with one attached hydrogen (secondary N) is 1. The molecular formula is C18H27N5O. The summed E-state index contributed by atoms with van der Waals surface area (Å²) < 4.78 is 1.81. The molecule has 0 spiro atoms. The Hall–Kier alpha value is -1.79. The van der Waals surface area contributed by atoms with Crippen molar-refractivity contribution in [3.63, 3.8) is 0 Å². The van der Waals surface area contributed by atoms with Gasteiger partial charge in [-0.3, -0.25) is 14.3 Å². The van der Waals surface area contributed by atoms with Crippen LogP contribution in [0.1, 0.15) is 45.5 Å². The molecule has 0 aliphatic carbocycles. The molecule has 6 nitrogen and oxygen atoms in total. The van der Waals surface area contributed by atoms with Gasteiger partial charge in [0.05, 0.1) is 11.6 Å². The topological polar surface area (TPSA) is 63.1 Å². The molecule has 1 aliphatic rings. The first kappa shape index (κ1) is 17.0. The summed E-state index contributed by atoms with van der Waals surface area (Å²) in [6.07, 6.45) is 3.73. The Balaban J connectivity index is 2.11. The fraction of sp³-hybridized carbons (Fsp3) is 0.611. The summed E-state index contributed by atoms with van der Waals surface area (Å²) >= 11 is 0. The van der Waals surface area contributed by atoms with E-state index in [9.17, 15) is 4.79 Å². The van der Waals surface area contributed by atoms with E-state index in [1.807, 2.05) is 23.6 Å². The molecule has 1 aliphatic heterocycles. The number of nitrogens with zero attached hydrogens (tertiary/aromatic N) is 4. The van der Waals surface area contributed by atoms with Gasteiger partial charge in [-0.25, -0.2) is 9.97 Å². The number of aromatic nitrogens is 3. The van der Waals surface area contributed by atoms with Crippen molar-refractivity contribution >= 4 is 11.0 Å². The summed E-state index contributed by atoms with van der Waals surface area (Å²) in [5.41, 5.74) is 1.14. The molecule has 24 heavy (non-hydrogen) atoms. The minimum Gasteiger partial charge on any atom is -0.312 e. The largest absolute Gasteiger partial charge is 0.312 e. The lowest BCUT2D eigenvalue weighted by atomic mass is 10.1. The quantitative estimate of drug-likeness (QED) is 0.908. The van der Waals surface area contributed by atoms with Crippen molar-refractivity contribution in [2.75, 3.05) is 19.6 Å². The summed E-state index contributed by atoms with van der Waals surface area (Å²) in [4.78, 5) is 24.4. The normalized spacial score (nSPS) is 20.4. The van der Waals surface area contributed by atoms with Crippen LogP contribution >= 0.6 is 0 Å². The molecule has 2 atom stereocenters. The van der Waals surface area contributed by atoms with Crippen molar-refractivity contribution in [2.45, 2.75) is 52.2 Å². The summed E-state index contributed by atoms with van der Waals surface area (Å²) in [5.74, 6) is 0.888. The van der Waals surface area contributed by atoms with Crippen LogP contribution in [0.4, 0.5) is 0 Å². The van der Waals surface area contributed by atoms with Gasteiger partial charge >= 0.3 is 0 Å². The second kappa shape index (κ2) is 7.40. The van der Waals surface area contributed by atoms with Crippen LogP contribution in [0, 0.1) is 0 Å². The lowest BCUT2D eigenvalue weighted by Gasteiger charge is -2.38. The maximum absolute atomic E-state index is 12.9. The average Bonchev–Trinajstić information content (AvgIpc) is 2.59. The molecule has 3 heterocycles. The molecule has 0 aromatic carbocycles. The fourth-order valence-corrected chi connectivity index (χ4v) is 3.62. The number of pyridine rings is 1. The van der Waals surface area contributed by atoms with Gasteiger partial charge in [0.2, 0.25) is 0 Å². The van der Waals surface area contributed by atoms with Gasteiger partial charge in [-0.15, -0.1) is 0 Å². The van der Waals surface area contributed by atoms with Crippen LogP contribution in [0.2, 0.25) is 0 Å². The highest BCUT2D eigenvalue weighted by atomic mass is 16.1. The average molecular weight is 329 g/mol. The van der Waals surface area contributed by atoms with E-state index in [1.54, 1.807) is 6.20 Å². The van der Waals surface area contributed by atoms with Crippen LogP contribution in [0.15, 0.2) is 23.1 Å². The van der Waals surface area contributed by atoms with Crippen LogP contribution < -0.4 is 10.9 Å². The van der Waals surface area contributed by atoms with Gasteiger partial charge in [0.1, 0.15) is 5.82 Å². The van der Waals surface area contributed by atoms with E-state index < -0.39 is 0 Å². The van der Waals surface area contributed by atoms with Crippen molar-refractivity contribution in [3.8, 4) is 0 Å². The predicted molar refractivity (Wildman–Crippen MR) is 96.2 cm³/mol. The number of fused-ring (bicyclic) bond motifs is 1. The maximum Gasteiger partial charge on any atom is 0.280 e. The van der Waals surface area contributed by atoms with E-state index >= 15 is 0 Å². The Kier molecular flexibility index (Phi) is 5.26. The molecule has 0 bridgehead atoms. The first-order valence-corrected chi connectivity index (χ1v) is 8.98. The molecule has 0 amide bonds. The summed E-state index contributed by atoms with van der Waals surface area (Å²) in [6.45, 7) is 9.97. The van der Waals surface area contributed by atoms with Gasteiger partial charge < -0.3 is 5.32 Å². The third-order valence-corrected chi connectivity index (χ3v) is 4.76. The molecule has 1 N–H and O–H groups in total. The van der Waals surface area contributed by atoms with Gasteiger partial charge in [0.25, 0.3) is 5.56 Å². The number of hydrogen-bond acceptors (Lipinski definition) is 5. The lowest BCUT2D eigenvalue weighted by molar-refractivity contribution is 0.132. The fourth-order valence-electron chi connectivity index (χ4n) is 3.62. The standard InChI is InChI=1S/C18H27N5O/c1-4-7-15(22-11-10-19-13(3)12-22)17-21-14-8-6-9-20-16(14)18(24)23(17)5-2/h6,8-9,13,15,19H,4-5,7,10-12H2,1-3H3/t13-,15?/m0/s1. The SMILES string of the molecule is CCCC(c1nc2cccnc2c(=O)n1CC)N1CCN[C@@H](C)C1. The third kappa shape index (κ3) is 3.21. The highest BCUT2D eigenvalue weighted by molar-refractivity contribution is 5.72. The van der Waals surface area contributed by atoms with Crippen LogP contribution in [-0.2, 0) is 6.54 Å². The van der Waals surface area contributed by atoms with Crippen molar-refractivity contribution < 1.29 is 0 Å². The number of rotatable bonds is 5. The number of piperazine rings is 1. The number of hydrogen-bond donors (Lipinski definition) is 1. The van der Waals surface area contributed by atoms with Crippen LogP contribution in [-0.4, -0.2) is 45.1 Å². The summed E-state index contributed by atoms with van der Waals surface area (Å²) in [7, 11) is 0. The Bertz CT molecular complexity index is 757. The smallest absolute Gasteiger partial charge is 0.280 e. The second-order valence-electron chi connectivity index (χ2n) is 6.55. The zero-order valence-corrected chi connectivity index (χ0v) is 14.8. The molecule has 6 heteroatoms. The van der Waals surface area contributed by atoms with E-state index in [2.05, 4.69) is 29.0 Å². The van der Waals surface area contributed by atoms with Crippen molar-refractivity contribution in [1.29, 1.82) is 0 Å². The molecule has 130 valence electrons. The van der Waals surface area contributed by atoms with E-state index in [-0.39, 0.29) is 11.6 Å². The van der Waals surface area contributed by atoms with Crippen LogP contribution in [0.5, 0.6) is 0 Å². The minimum atomic E-state index is -0.0256. The van der Waals surface area contributed by atoms with E-state index in [0.717, 1.165) is 38.3 Å². The zero-order valence-electron chi connectivity index (χ0n) is 14.8. The maximum atomic E-state index is 12.9. The molecule has 3 rings (SSSR count). The Morgan fingerprint density at radius 1 is 1.42 bits per heavy atom. The van der Waals surface area contributed by atoms with Crippen molar-refractivity contribution in [1.82, 2.24) is 24.8 Å². The molecular weight excluding hydrogens is 302 g/mol. The van der Waals surface area contributed by atoms with Gasteiger partial charge in [0, 0.05) is 38.4 Å². The van der Waals surface area contributed by atoms with E-state index in [4.69, 9.17) is 4.98 Å². The molecule has 0 radical (unpaired) electrons. The van der Waals surface area contributed by atoms with E-state index in [1.165, 1.54) is 0 Å². The van der Waals surface area contributed by atoms with Gasteiger partial charge in [-0.2, -0.15) is 0 Å². The van der Waals surface area contributed by atoms with Gasteiger partial charge in [-0.1, -0.05) is 13.3 Å². The third-order valence-electron chi connectivity index (χ3n) is 4.76. The van der Waals surface area contributed by atoms with Crippen molar-refractivity contribution in [3.05, 3.63) is 34.5 Å². The zero-order chi connectivity index (χ0) is 17.1. The Labute approximate surface area is 142 Å². The summed E-state index contributed by atoms with van der Waals surface area (Å²) in [5, 5.41) is 3.49. The molecule has 2 aromatic heterocycles. The minimum absolute atomic E-state index is 0.0256. The first-order valence-electron chi connectivity index (χ1n) is 8.98. The molecule has 1 saturated heterocycles. The van der Waals surface area contributed by atoms with Crippen LogP contribution in [0.3, 0.4) is 0 Å². The first-order chi connectivity index (χ1) is 11.7. The monoisotopic (exact) mass is 329 g/mol. The molecule has 0 saturated carbocycles. The Morgan fingerprint density at radius 3 is 2.96 bits per heavy atom. The van der Waals surface area contributed by atoms with E-state index in [0.29, 0.717) is 23.6 Å². The predicted octanol–water partition coefficient (Wildman–Crippen LogP) is 1.95. The molecule has 2 aromatic rings. The highest BCUT2D eigenvalue weighted by Crippen LogP contribution is 2.26. The lowest BCUT2D eigenvalue weighted by Crippen LogP contribution is -2.51. The van der Waals surface area contributed by atoms with Crippen LogP contribution in [0.25, 0.3) is 11.0 Å². The van der Waals surface area contributed by atoms with Gasteiger partial charge in [-0.05, 0) is 32.4 Å². The second-order valence-corrected chi connectivity index (χ2v) is 6.55. The summed E-state index contributed by atoms with van der Waals surface area (Å²) in [6, 6.07) is 4.37. The van der Waals surface area contributed by atoms with Crippen molar-refractivity contribution in [2.24, 2.45) is 0 Å². The molecule has 1 fully saturated rings. The Morgan fingerprint density at radius 2 is 2.25 bits per heavy atom. The molecule has 1 unspecified atom stereocenters. The van der Waals surface area contributed by atoms with Gasteiger partial charge in [0.15, 0.2) is 5.52 Å². The highest BCUT2D eigenvalue weighted by Gasteiger charge is 2.28.